The topological polar surface area (TPSA) is 44.5 Å². The first kappa shape index (κ1) is 16.0. The molecule has 0 bridgehead atoms. The average molecular weight is 346 g/mol. The van der Waals surface area contributed by atoms with Crippen molar-refractivity contribution >= 4 is 12.2 Å². The second-order valence-corrected chi connectivity index (χ2v) is 6.61. The van der Waals surface area contributed by atoms with Gasteiger partial charge in [0.1, 0.15) is 6.33 Å². The molecule has 6 nitrogen and oxygen atoms in total. The molecule has 0 radical (unpaired) electrons. The molecule has 1 atom stereocenters. The minimum absolute atomic E-state index is 0.115. The first-order valence-corrected chi connectivity index (χ1v) is 8.91. The van der Waals surface area contributed by atoms with Gasteiger partial charge in [0.25, 0.3) is 0 Å². The Morgan fingerprint density at radius 2 is 1.92 bits per heavy atom. The molecule has 3 heterocycles. The average Bonchev–Trinajstić information content (AvgIpc) is 3.27. The molecule has 0 amide bonds. The molecule has 7 heteroatoms. The van der Waals surface area contributed by atoms with Crippen molar-refractivity contribution in [1.82, 2.24) is 19.2 Å². The van der Waals surface area contributed by atoms with E-state index in [9.17, 15) is 0 Å². The standard InChI is InChI=1S/C17H22N4O2S/c24-17-20(14-6-2-1-3-7-14)12-18-21(17)13-19-9-5-4-8-15(19)16-22-10-11-23-16/h1-3,6-7,12,15-16H,4-5,8-11,13H2/t15-/m1/s1. The molecule has 2 aromatic rings. The second-order valence-electron chi connectivity index (χ2n) is 6.25. The summed E-state index contributed by atoms with van der Waals surface area (Å²) in [5, 5.41) is 4.50. The van der Waals surface area contributed by atoms with Crippen LogP contribution in [0, 0.1) is 4.77 Å². The fourth-order valence-corrected chi connectivity index (χ4v) is 3.73. The number of benzene rings is 1. The van der Waals surface area contributed by atoms with Crippen LogP contribution < -0.4 is 0 Å². The number of rotatable bonds is 4. The maximum atomic E-state index is 5.74. The van der Waals surface area contributed by atoms with Gasteiger partial charge in [0.2, 0.25) is 4.77 Å². The van der Waals surface area contributed by atoms with Crippen LogP contribution in [0.5, 0.6) is 0 Å². The Morgan fingerprint density at radius 3 is 2.71 bits per heavy atom. The van der Waals surface area contributed by atoms with Crippen molar-refractivity contribution in [3.8, 4) is 5.69 Å². The molecule has 0 N–H and O–H groups in total. The predicted octanol–water partition coefficient (Wildman–Crippen LogP) is 2.59. The van der Waals surface area contributed by atoms with Crippen LogP contribution in [-0.4, -0.2) is 51.3 Å². The van der Waals surface area contributed by atoms with Crippen LogP contribution in [0.1, 0.15) is 19.3 Å². The van der Waals surface area contributed by atoms with Gasteiger partial charge in [-0.05, 0) is 37.2 Å². The SMILES string of the molecule is S=c1n(-c2ccccc2)cnn1CN1CCCC[C@@H]1C1OCCO1. The van der Waals surface area contributed by atoms with E-state index in [4.69, 9.17) is 21.7 Å². The minimum atomic E-state index is -0.115. The first-order valence-electron chi connectivity index (χ1n) is 8.50. The summed E-state index contributed by atoms with van der Waals surface area (Å²) in [6.45, 7) is 3.08. The van der Waals surface area contributed by atoms with E-state index in [0.717, 1.165) is 18.7 Å². The van der Waals surface area contributed by atoms with E-state index < -0.39 is 0 Å². The van der Waals surface area contributed by atoms with Crippen LogP contribution in [0.4, 0.5) is 0 Å². The molecule has 1 aromatic carbocycles. The predicted molar refractivity (Wildman–Crippen MR) is 92.4 cm³/mol. The minimum Gasteiger partial charge on any atom is -0.349 e. The van der Waals surface area contributed by atoms with E-state index in [1.54, 1.807) is 6.33 Å². The van der Waals surface area contributed by atoms with Gasteiger partial charge in [-0.25, -0.2) is 4.68 Å². The van der Waals surface area contributed by atoms with Crippen molar-refractivity contribution in [2.75, 3.05) is 19.8 Å². The van der Waals surface area contributed by atoms with Crippen molar-refractivity contribution in [3.05, 3.63) is 41.4 Å². The van der Waals surface area contributed by atoms with Crippen LogP contribution >= 0.6 is 12.2 Å². The van der Waals surface area contributed by atoms with E-state index >= 15 is 0 Å². The van der Waals surface area contributed by atoms with Gasteiger partial charge in [-0.15, -0.1) is 0 Å². The van der Waals surface area contributed by atoms with Gasteiger partial charge in [-0.3, -0.25) is 9.47 Å². The molecular formula is C17H22N4O2S. The molecule has 24 heavy (non-hydrogen) atoms. The van der Waals surface area contributed by atoms with E-state index in [2.05, 4.69) is 10.00 Å². The first-order chi connectivity index (χ1) is 11.8. The zero-order chi connectivity index (χ0) is 16.4. The van der Waals surface area contributed by atoms with Crippen LogP contribution in [0.3, 0.4) is 0 Å². The number of nitrogens with zero attached hydrogens (tertiary/aromatic N) is 4. The van der Waals surface area contributed by atoms with E-state index in [1.165, 1.54) is 12.8 Å². The zero-order valence-corrected chi connectivity index (χ0v) is 14.4. The fourth-order valence-electron chi connectivity index (χ4n) is 3.47. The number of para-hydroxylation sites is 1. The van der Waals surface area contributed by atoms with Gasteiger partial charge in [-0.1, -0.05) is 24.6 Å². The molecule has 0 aliphatic carbocycles. The number of piperidine rings is 1. The maximum Gasteiger partial charge on any atom is 0.203 e. The third-order valence-corrected chi connectivity index (χ3v) is 5.12. The summed E-state index contributed by atoms with van der Waals surface area (Å²) in [5.74, 6) is 0. The summed E-state index contributed by atoms with van der Waals surface area (Å²) >= 11 is 5.62. The summed E-state index contributed by atoms with van der Waals surface area (Å²) in [4.78, 5) is 2.39. The van der Waals surface area contributed by atoms with Gasteiger partial charge in [0.15, 0.2) is 6.29 Å². The number of likely N-dealkylation sites (tertiary alicyclic amines) is 1. The molecule has 2 saturated heterocycles. The normalized spacial score (nSPS) is 22.9. The Morgan fingerprint density at radius 1 is 1.12 bits per heavy atom. The number of aromatic nitrogens is 3. The number of hydrogen-bond acceptors (Lipinski definition) is 5. The lowest BCUT2D eigenvalue weighted by Crippen LogP contribution is -2.47. The summed E-state index contributed by atoms with van der Waals surface area (Å²) in [5.41, 5.74) is 1.03. The highest BCUT2D eigenvalue weighted by atomic mass is 32.1. The smallest absolute Gasteiger partial charge is 0.203 e. The summed E-state index contributed by atoms with van der Waals surface area (Å²) < 4.78 is 16.0. The molecular weight excluding hydrogens is 324 g/mol. The molecule has 2 fully saturated rings. The van der Waals surface area contributed by atoms with Crippen LogP contribution in [0.25, 0.3) is 5.69 Å². The van der Waals surface area contributed by atoms with Crippen LogP contribution in [0.2, 0.25) is 0 Å². The summed E-state index contributed by atoms with van der Waals surface area (Å²) in [6, 6.07) is 10.4. The van der Waals surface area contributed by atoms with Crippen molar-refractivity contribution in [2.24, 2.45) is 0 Å². The van der Waals surface area contributed by atoms with Gasteiger partial charge < -0.3 is 9.47 Å². The highest BCUT2D eigenvalue weighted by Crippen LogP contribution is 2.25. The Kier molecular flexibility index (Phi) is 4.75. The lowest BCUT2D eigenvalue weighted by Gasteiger charge is -2.37. The Hall–Kier alpha value is -1.54. The van der Waals surface area contributed by atoms with Gasteiger partial charge in [0, 0.05) is 12.2 Å². The van der Waals surface area contributed by atoms with E-state index in [1.807, 2.05) is 39.6 Å². The van der Waals surface area contributed by atoms with Crippen molar-refractivity contribution < 1.29 is 9.47 Å². The zero-order valence-electron chi connectivity index (χ0n) is 13.6. The molecule has 4 rings (SSSR count). The van der Waals surface area contributed by atoms with Gasteiger partial charge >= 0.3 is 0 Å². The molecule has 128 valence electrons. The highest BCUT2D eigenvalue weighted by Gasteiger charge is 2.34. The van der Waals surface area contributed by atoms with Gasteiger partial charge in [0.05, 0.1) is 25.9 Å². The monoisotopic (exact) mass is 346 g/mol. The Balaban J connectivity index is 1.54. The Bertz CT molecular complexity index is 724. The lowest BCUT2D eigenvalue weighted by atomic mass is 10.0. The molecule has 0 spiro atoms. The second kappa shape index (κ2) is 7.14. The van der Waals surface area contributed by atoms with Gasteiger partial charge in [-0.2, -0.15) is 5.10 Å². The number of hydrogen-bond donors (Lipinski definition) is 0. The largest absolute Gasteiger partial charge is 0.349 e. The quantitative estimate of drug-likeness (QED) is 0.796. The highest BCUT2D eigenvalue weighted by molar-refractivity contribution is 7.71. The molecule has 2 aliphatic heterocycles. The Labute approximate surface area is 146 Å². The van der Waals surface area contributed by atoms with Crippen molar-refractivity contribution in [1.29, 1.82) is 0 Å². The third kappa shape index (κ3) is 3.17. The summed E-state index contributed by atoms with van der Waals surface area (Å²) in [6.07, 6.45) is 5.18. The lowest BCUT2D eigenvalue weighted by molar-refractivity contribution is -0.116. The fraction of sp³-hybridized carbons (Fsp3) is 0.529. The molecule has 0 unspecified atom stereocenters. The maximum absolute atomic E-state index is 5.74. The third-order valence-electron chi connectivity index (χ3n) is 4.71. The van der Waals surface area contributed by atoms with Crippen molar-refractivity contribution in [2.45, 2.75) is 38.3 Å². The van der Waals surface area contributed by atoms with Crippen LogP contribution in [0.15, 0.2) is 36.7 Å². The summed E-state index contributed by atoms with van der Waals surface area (Å²) in [7, 11) is 0. The molecule has 1 aromatic heterocycles. The van der Waals surface area contributed by atoms with Crippen molar-refractivity contribution in [3.63, 3.8) is 0 Å². The van der Waals surface area contributed by atoms with E-state index in [0.29, 0.717) is 24.7 Å². The number of ether oxygens (including phenoxy) is 2. The van der Waals surface area contributed by atoms with Crippen LogP contribution in [-0.2, 0) is 16.1 Å². The van der Waals surface area contributed by atoms with E-state index in [-0.39, 0.29) is 12.3 Å². The molecule has 2 aliphatic rings. The molecule has 0 saturated carbocycles.